The highest BCUT2D eigenvalue weighted by Gasteiger charge is 2.40. The average molecular weight is 276 g/mol. The van der Waals surface area contributed by atoms with Gasteiger partial charge in [-0.1, -0.05) is 0 Å². The molecule has 1 aromatic carbocycles. The number of fused-ring (bicyclic) bond motifs is 1. The van der Waals surface area contributed by atoms with Crippen molar-refractivity contribution in [1.29, 1.82) is 0 Å². The molecule has 2 amide bonds. The van der Waals surface area contributed by atoms with Crippen LogP contribution in [0, 0.1) is 12.7 Å². The molecule has 0 radical (unpaired) electrons. The normalized spacial score (nSPS) is 23.0. The Balaban J connectivity index is 1.94. The molecule has 2 fully saturated rings. The molecule has 2 heterocycles. The smallest absolute Gasteiger partial charge is 0.250 e. The molecule has 0 spiro atoms. The first-order valence-electron chi connectivity index (χ1n) is 6.94. The maximum atomic E-state index is 13.5. The quantitative estimate of drug-likeness (QED) is 0.785. The van der Waals surface area contributed by atoms with Crippen LogP contribution >= 0.6 is 0 Å². The number of aryl methyl sites for hydroxylation is 1. The molecule has 5 heteroatoms. The van der Waals surface area contributed by atoms with Crippen molar-refractivity contribution in [2.75, 3.05) is 18.0 Å². The molecule has 1 aromatic rings. The van der Waals surface area contributed by atoms with Gasteiger partial charge in [-0.15, -0.1) is 0 Å². The minimum absolute atomic E-state index is 0.0121. The maximum absolute atomic E-state index is 13.5. The van der Waals surface area contributed by atoms with E-state index in [9.17, 15) is 14.0 Å². The lowest BCUT2D eigenvalue weighted by Crippen LogP contribution is -2.61. The number of hydrogen-bond acceptors (Lipinski definition) is 2. The van der Waals surface area contributed by atoms with Gasteiger partial charge in [0.1, 0.15) is 18.4 Å². The van der Waals surface area contributed by atoms with Crippen molar-refractivity contribution in [1.82, 2.24) is 4.90 Å². The first-order valence-corrected chi connectivity index (χ1v) is 6.94. The summed E-state index contributed by atoms with van der Waals surface area (Å²) in [5.74, 6) is -0.517. The molecule has 106 valence electrons. The van der Waals surface area contributed by atoms with Crippen LogP contribution in [-0.4, -0.2) is 35.8 Å². The van der Waals surface area contributed by atoms with E-state index in [1.165, 1.54) is 17.0 Å². The Hall–Kier alpha value is -1.91. The Kier molecular flexibility index (Phi) is 3.20. The Bertz CT molecular complexity index is 553. The molecule has 0 N–H and O–H groups in total. The molecule has 20 heavy (non-hydrogen) atoms. The number of benzene rings is 1. The van der Waals surface area contributed by atoms with Crippen LogP contribution in [0.1, 0.15) is 24.8 Å². The second-order valence-electron chi connectivity index (χ2n) is 5.51. The molecule has 0 bridgehead atoms. The highest BCUT2D eigenvalue weighted by molar-refractivity contribution is 6.06. The van der Waals surface area contributed by atoms with Crippen LogP contribution in [-0.2, 0) is 9.59 Å². The summed E-state index contributed by atoms with van der Waals surface area (Å²) in [7, 11) is 0. The van der Waals surface area contributed by atoms with E-state index in [0.29, 0.717) is 18.7 Å². The number of nitrogens with zero attached hydrogens (tertiary/aromatic N) is 2. The number of piperazine rings is 1. The van der Waals surface area contributed by atoms with Crippen molar-refractivity contribution in [2.45, 2.75) is 32.2 Å². The third-order valence-electron chi connectivity index (χ3n) is 4.01. The Labute approximate surface area is 117 Å². The van der Waals surface area contributed by atoms with Gasteiger partial charge in [-0.2, -0.15) is 0 Å². The minimum atomic E-state index is -0.383. The molecule has 2 aliphatic rings. The van der Waals surface area contributed by atoms with Gasteiger partial charge in [-0.25, -0.2) is 4.39 Å². The monoisotopic (exact) mass is 276 g/mol. The number of halogens is 1. The fourth-order valence-corrected chi connectivity index (χ4v) is 3.06. The summed E-state index contributed by atoms with van der Waals surface area (Å²) in [5, 5.41) is 0. The molecule has 0 saturated carbocycles. The van der Waals surface area contributed by atoms with Crippen molar-refractivity contribution in [3.05, 3.63) is 29.6 Å². The Morgan fingerprint density at radius 3 is 2.75 bits per heavy atom. The summed E-state index contributed by atoms with van der Waals surface area (Å²) in [5.41, 5.74) is 1.22. The summed E-state index contributed by atoms with van der Waals surface area (Å²) in [4.78, 5) is 27.8. The lowest BCUT2D eigenvalue weighted by atomic mass is 9.98. The zero-order valence-electron chi connectivity index (χ0n) is 11.4. The first kappa shape index (κ1) is 13.1. The number of hydrogen-bond donors (Lipinski definition) is 0. The molecule has 4 nitrogen and oxygen atoms in total. The third kappa shape index (κ3) is 2.17. The van der Waals surface area contributed by atoms with E-state index in [1.54, 1.807) is 17.9 Å². The van der Waals surface area contributed by atoms with Gasteiger partial charge in [0.15, 0.2) is 0 Å². The molecule has 2 saturated heterocycles. The third-order valence-corrected chi connectivity index (χ3v) is 4.01. The maximum Gasteiger partial charge on any atom is 0.250 e. The number of piperidine rings is 1. The number of anilines is 1. The van der Waals surface area contributed by atoms with Gasteiger partial charge in [-0.05, 0) is 49.9 Å². The molecule has 1 unspecified atom stereocenters. The van der Waals surface area contributed by atoms with Crippen LogP contribution < -0.4 is 4.90 Å². The van der Waals surface area contributed by atoms with Gasteiger partial charge >= 0.3 is 0 Å². The van der Waals surface area contributed by atoms with Crippen molar-refractivity contribution >= 4 is 17.5 Å². The number of rotatable bonds is 1. The number of amides is 2. The highest BCUT2D eigenvalue weighted by atomic mass is 19.1. The van der Waals surface area contributed by atoms with E-state index in [4.69, 9.17) is 0 Å². The summed E-state index contributed by atoms with van der Waals surface area (Å²) in [6.07, 6.45) is 2.61. The van der Waals surface area contributed by atoms with Crippen LogP contribution in [0.15, 0.2) is 18.2 Å². The van der Waals surface area contributed by atoms with E-state index in [2.05, 4.69) is 0 Å². The second kappa shape index (κ2) is 4.89. The molecule has 2 aliphatic heterocycles. The SMILES string of the molecule is Cc1cc(F)cc(N2CC(=O)N3CCCCC3C2=O)c1. The van der Waals surface area contributed by atoms with Gasteiger partial charge in [0.25, 0.3) is 0 Å². The predicted octanol–water partition coefficient (Wildman–Crippen LogP) is 1.86. The lowest BCUT2D eigenvalue weighted by molar-refractivity contribution is -0.144. The van der Waals surface area contributed by atoms with Crippen LogP contribution in [0.4, 0.5) is 10.1 Å². The fraction of sp³-hybridized carbons (Fsp3) is 0.467. The van der Waals surface area contributed by atoms with Gasteiger partial charge in [0.05, 0.1) is 0 Å². The topological polar surface area (TPSA) is 40.6 Å². The Morgan fingerprint density at radius 1 is 1.20 bits per heavy atom. The van der Waals surface area contributed by atoms with Crippen molar-refractivity contribution < 1.29 is 14.0 Å². The van der Waals surface area contributed by atoms with Gasteiger partial charge in [0.2, 0.25) is 11.8 Å². The van der Waals surface area contributed by atoms with E-state index < -0.39 is 0 Å². The zero-order valence-corrected chi connectivity index (χ0v) is 11.4. The van der Waals surface area contributed by atoms with Crippen molar-refractivity contribution in [3.63, 3.8) is 0 Å². The number of carbonyl (C=O) groups is 2. The van der Waals surface area contributed by atoms with Crippen molar-refractivity contribution in [3.8, 4) is 0 Å². The van der Waals surface area contributed by atoms with Crippen LogP contribution in [0.25, 0.3) is 0 Å². The Morgan fingerprint density at radius 2 is 2.00 bits per heavy atom. The fourth-order valence-electron chi connectivity index (χ4n) is 3.06. The molecular formula is C15H17FN2O2. The molecule has 0 aliphatic carbocycles. The largest absolute Gasteiger partial charge is 0.329 e. The molecular weight excluding hydrogens is 259 g/mol. The highest BCUT2D eigenvalue weighted by Crippen LogP contribution is 2.27. The van der Waals surface area contributed by atoms with E-state index in [1.807, 2.05) is 0 Å². The molecule has 0 aromatic heterocycles. The zero-order chi connectivity index (χ0) is 14.3. The predicted molar refractivity (Wildman–Crippen MR) is 72.8 cm³/mol. The van der Waals surface area contributed by atoms with Gasteiger partial charge in [-0.3, -0.25) is 9.59 Å². The van der Waals surface area contributed by atoms with Crippen LogP contribution in [0.3, 0.4) is 0 Å². The second-order valence-corrected chi connectivity index (χ2v) is 5.51. The van der Waals surface area contributed by atoms with E-state index in [-0.39, 0.29) is 30.2 Å². The summed E-state index contributed by atoms with van der Waals surface area (Å²) >= 11 is 0. The summed E-state index contributed by atoms with van der Waals surface area (Å²) in [6.45, 7) is 2.44. The van der Waals surface area contributed by atoms with Gasteiger partial charge in [0, 0.05) is 12.2 Å². The van der Waals surface area contributed by atoms with E-state index in [0.717, 1.165) is 18.4 Å². The average Bonchev–Trinajstić information content (AvgIpc) is 2.42. The summed E-state index contributed by atoms with van der Waals surface area (Å²) < 4.78 is 13.5. The van der Waals surface area contributed by atoms with Crippen LogP contribution in [0.2, 0.25) is 0 Å². The number of carbonyl (C=O) groups excluding carboxylic acids is 2. The first-order chi connectivity index (χ1) is 9.56. The van der Waals surface area contributed by atoms with Gasteiger partial charge < -0.3 is 9.80 Å². The van der Waals surface area contributed by atoms with Crippen molar-refractivity contribution in [2.24, 2.45) is 0 Å². The minimum Gasteiger partial charge on any atom is -0.329 e. The molecule has 1 atom stereocenters. The summed E-state index contributed by atoms with van der Waals surface area (Å²) in [6, 6.07) is 4.10. The van der Waals surface area contributed by atoms with E-state index >= 15 is 0 Å². The molecule has 3 rings (SSSR count). The van der Waals surface area contributed by atoms with Crippen LogP contribution in [0.5, 0.6) is 0 Å². The standard InChI is InChI=1S/C15H17FN2O2/c1-10-6-11(16)8-12(7-10)18-9-14(19)17-5-3-2-4-13(17)15(18)20/h6-8,13H,2-5,9H2,1H3. The lowest BCUT2D eigenvalue weighted by Gasteiger charge is -2.42.